The van der Waals surface area contributed by atoms with Gasteiger partial charge in [0.2, 0.25) is 0 Å². The molecule has 1 fully saturated rings. The van der Waals surface area contributed by atoms with Gasteiger partial charge in [0.25, 0.3) is 5.91 Å². The van der Waals surface area contributed by atoms with Crippen LogP contribution in [0.1, 0.15) is 5.56 Å². The number of carbonyl (C=O) groups is 1. The molecule has 1 aliphatic rings. The van der Waals surface area contributed by atoms with Crippen LogP contribution in [0.2, 0.25) is 5.02 Å². The normalized spacial score (nSPS) is 25.0. The topological polar surface area (TPSA) is 29.1 Å². The number of benzene rings is 1. The molecule has 176 valence electrons. The highest BCUT2D eigenvalue weighted by Crippen LogP contribution is 2.69. The van der Waals surface area contributed by atoms with E-state index in [2.05, 4.69) is 0 Å². The Kier molecular flexibility index (Phi) is 5.30. The quantitative estimate of drug-likeness (QED) is 0.479. The van der Waals surface area contributed by atoms with Gasteiger partial charge in [0.1, 0.15) is 0 Å². The smallest absolute Gasteiger partial charge is 0.323 e. The van der Waals surface area contributed by atoms with Crippen LogP contribution < -0.4 is 5.32 Å². The number of amides is 1. The van der Waals surface area contributed by atoms with Gasteiger partial charge in [-0.05, 0) is 18.2 Å². The zero-order chi connectivity index (χ0) is 24.6. The summed E-state index contributed by atoms with van der Waals surface area (Å²) in [6, 6.07) is 0.232. The van der Waals surface area contributed by atoms with Crippen LogP contribution in [0.5, 0.6) is 0 Å². The lowest BCUT2D eigenvalue weighted by Gasteiger charge is -2.51. The molecular formula is C14H4ClF14NO. The molecule has 1 amide bonds. The second kappa shape index (κ2) is 6.51. The van der Waals surface area contributed by atoms with E-state index in [4.69, 9.17) is 11.6 Å². The van der Waals surface area contributed by atoms with E-state index < -0.39 is 63.6 Å². The average Bonchev–Trinajstić information content (AvgIpc) is 2.59. The lowest BCUT2D eigenvalue weighted by Crippen LogP contribution is -2.86. The molecule has 2 rings (SSSR count). The van der Waals surface area contributed by atoms with Crippen molar-refractivity contribution in [1.82, 2.24) is 0 Å². The van der Waals surface area contributed by atoms with Crippen molar-refractivity contribution in [2.24, 2.45) is 0 Å². The largest absolute Gasteiger partial charge is 0.417 e. The van der Waals surface area contributed by atoms with Crippen molar-refractivity contribution in [1.29, 1.82) is 0 Å². The van der Waals surface area contributed by atoms with Crippen LogP contribution in [0, 0.1) is 0 Å². The molecule has 1 aromatic rings. The number of hydrogen-bond donors (Lipinski definition) is 1. The predicted octanol–water partition coefficient (Wildman–Crippen LogP) is 6.20. The van der Waals surface area contributed by atoms with E-state index in [1.807, 2.05) is 0 Å². The lowest BCUT2D eigenvalue weighted by molar-refractivity contribution is -0.475. The zero-order valence-corrected chi connectivity index (χ0v) is 14.6. The molecular weight excluding hydrogens is 500 g/mol. The van der Waals surface area contributed by atoms with Crippen LogP contribution >= 0.6 is 11.6 Å². The molecule has 1 aromatic carbocycles. The van der Waals surface area contributed by atoms with E-state index in [-0.39, 0.29) is 18.2 Å². The third-order valence-electron chi connectivity index (χ3n) is 4.29. The highest BCUT2D eigenvalue weighted by atomic mass is 35.5. The van der Waals surface area contributed by atoms with E-state index in [1.54, 1.807) is 0 Å². The second-order valence-corrected chi connectivity index (χ2v) is 6.58. The number of rotatable bonds is 2. The maximum Gasteiger partial charge on any atom is 0.417 e. The van der Waals surface area contributed by atoms with Crippen molar-refractivity contribution in [2.75, 3.05) is 5.32 Å². The van der Waals surface area contributed by atoms with Gasteiger partial charge in [-0.1, -0.05) is 11.6 Å². The fourth-order valence-corrected chi connectivity index (χ4v) is 2.77. The molecule has 0 radical (unpaired) electrons. The summed E-state index contributed by atoms with van der Waals surface area (Å²) in [7, 11) is 0. The first-order valence-electron chi connectivity index (χ1n) is 7.28. The Balaban J connectivity index is 2.67. The molecule has 0 unspecified atom stereocenters. The van der Waals surface area contributed by atoms with E-state index >= 15 is 0 Å². The van der Waals surface area contributed by atoms with Crippen molar-refractivity contribution < 1.29 is 66.3 Å². The van der Waals surface area contributed by atoms with E-state index in [0.717, 1.165) is 0 Å². The summed E-state index contributed by atoms with van der Waals surface area (Å²) in [4.78, 5) is 11.7. The summed E-state index contributed by atoms with van der Waals surface area (Å²) < 4.78 is 187. The fourth-order valence-electron chi connectivity index (χ4n) is 2.54. The summed E-state index contributed by atoms with van der Waals surface area (Å²) in [6.45, 7) is 0. The minimum Gasteiger partial charge on any atom is -0.323 e. The molecule has 0 heterocycles. The average molecular weight is 504 g/mol. The van der Waals surface area contributed by atoms with Gasteiger partial charge in [0.15, 0.2) is 0 Å². The van der Waals surface area contributed by atoms with Crippen LogP contribution in [0.15, 0.2) is 18.2 Å². The van der Waals surface area contributed by atoms with E-state index in [1.165, 1.54) is 0 Å². The Morgan fingerprint density at radius 1 is 0.742 bits per heavy atom. The number of hydrogen-bond acceptors (Lipinski definition) is 1. The maximum absolute atomic E-state index is 14.5. The van der Waals surface area contributed by atoms with Gasteiger partial charge in [0.05, 0.1) is 10.6 Å². The predicted molar refractivity (Wildman–Crippen MR) is 73.7 cm³/mol. The molecule has 0 aliphatic heterocycles. The summed E-state index contributed by atoms with van der Waals surface area (Å²) in [5.41, 5.74) is -10.4. The fraction of sp³-hybridized carbons (Fsp3) is 0.500. The zero-order valence-electron chi connectivity index (χ0n) is 13.8. The number of alkyl halides is 14. The molecule has 0 atom stereocenters. The van der Waals surface area contributed by atoms with Gasteiger partial charge in [-0.2, -0.15) is 57.1 Å². The lowest BCUT2D eigenvalue weighted by atomic mass is 9.71. The number of halogens is 15. The first kappa shape index (κ1) is 25.3. The first-order valence-corrected chi connectivity index (χ1v) is 7.65. The Morgan fingerprint density at radius 3 is 1.52 bits per heavy atom. The minimum absolute atomic E-state index is 0.239. The van der Waals surface area contributed by atoms with Gasteiger partial charge >= 0.3 is 41.5 Å². The molecule has 0 bridgehead atoms. The number of anilines is 1. The van der Waals surface area contributed by atoms with E-state index in [9.17, 15) is 66.3 Å². The molecule has 1 saturated carbocycles. The molecule has 0 saturated heterocycles. The summed E-state index contributed by atoms with van der Waals surface area (Å²) in [6.07, 6.45) is -5.33. The minimum atomic E-state index is -7.54. The van der Waals surface area contributed by atoms with Crippen LogP contribution in [0.4, 0.5) is 67.2 Å². The highest BCUT2D eigenvalue weighted by Gasteiger charge is 3.02. The molecule has 2 nitrogen and oxygen atoms in total. The van der Waals surface area contributed by atoms with Gasteiger partial charge in [-0.25, -0.2) is 4.39 Å². The molecule has 0 spiro atoms. The SMILES string of the molecule is O=C(Nc1ccc(Cl)c(C(F)(F)F)c1)C1(F)C(F)(F)C(F)(F)C(F)(F)C(F)(F)C1(F)F. The van der Waals surface area contributed by atoms with E-state index in [0.29, 0.717) is 5.32 Å². The Labute approximate surface area is 166 Å². The Hall–Kier alpha value is -2.00. The second-order valence-electron chi connectivity index (χ2n) is 6.18. The highest BCUT2D eigenvalue weighted by molar-refractivity contribution is 6.31. The van der Waals surface area contributed by atoms with Crippen molar-refractivity contribution in [3.8, 4) is 0 Å². The summed E-state index contributed by atoms with van der Waals surface area (Å²) in [5.74, 6) is -41.3. The molecule has 1 aliphatic carbocycles. The molecule has 31 heavy (non-hydrogen) atoms. The van der Waals surface area contributed by atoms with Gasteiger partial charge < -0.3 is 5.32 Å². The number of carbonyl (C=O) groups excluding carboxylic acids is 1. The Bertz CT molecular complexity index is 879. The third kappa shape index (κ3) is 2.88. The monoisotopic (exact) mass is 503 g/mol. The van der Waals surface area contributed by atoms with Crippen LogP contribution in [0.3, 0.4) is 0 Å². The van der Waals surface area contributed by atoms with Crippen LogP contribution in [-0.4, -0.2) is 41.2 Å². The molecule has 1 N–H and O–H groups in total. The molecule has 17 heteroatoms. The van der Waals surface area contributed by atoms with Crippen molar-refractivity contribution >= 4 is 23.2 Å². The first-order chi connectivity index (χ1) is 13.5. The van der Waals surface area contributed by atoms with Gasteiger partial charge in [-0.3, -0.25) is 4.79 Å². The van der Waals surface area contributed by atoms with Gasteiger partial charge in [0, 0.05) is 5.69 Å². The van der Waals surface area contributed by atoms with Gasteiger partial charge in [-0.15, -0.1) is 0 Å². The van der Waals surface area contributed by atoms with Crippen molar-refractivity contribution in [2.45, 2.75) is 41.5 Å². The van der Waals surface area contributed by atoms with Crippen molar-refractivity contribution in [3.05, 3.63) is 28.8 Å². The van der Waals surface area contributed by atoms with Crippen LogP contribution in [-0.2, 0) is 11.0 Å². The Morgan fingerprint density at radius 2 is 1.13 bits per heavy atom. The van der Waals surface area contributed by atoms with Crippen molar-refractivity contribution in [3.63, 3.8) is 0 Å². The third-order valence-corrected chi connectivity index (χ3v) is 4.61. The van der Waals surface area contributed by atoms with Crippen LogP contribution in [0.25, 0.3) is 0 Å². The maximum atomic E-state index is 14.5. The standard InChI is InChI=1S/C14H4ClF14NO/c15-6-2-1-4(3-5(6)9(17,18)19)30-7(31)8(16)10(20,21)12(24,25)14(28,29)13(26,27)11(8,22)23/h1-3H,(H,30,31). The summed E-state index contributed by atoms with van der Waals surface area (Å²) in [5, 5.41) is -0.557. The summed E-state index contributed by atoms with van der Waals surface area (Å²) >= 11 is 5.16. The molecule has 0 aromatic heterocycles. The number of nitrogens with one attached hydrogen (secondary N) is 1.